The van der Waals surface area contributed by atoms with Gasteiger partial charge in [0, 0.05) is 6.54 Å². The van der Waals surface area contributed by atoms with Crippen LogP contribution in [0.5, 0.6) is 0 Å². The Bertz CT molecular complexity index is 330. The van der Waals surface area contributed by atoms with Crippen molar-refractivity contribution in [3.63, 3.8) is 0 Å². The van der Waals surface area contributed by atoms with Crippen LogP contribution in [0, 0.1) is 0 Å². The van der Waals surface area contributed by atoms with Crippen LogP contribution in [0.3, 0.4) is 0 Å². The standard InChI is InChI=1S/C20H39NO2S/c1-2-3-4-5-6-7-8-9-10-11-12-13-14-15-16-17-18-21-19-20-24(22)23/h6-7,9-10,21H,2-5,8,11-20H2,1H3,(H,22,23)/b7-6-,10-9-. The van der Waals surface area contributed by atoms with Gasteiger partial charge in [0.05, 0.1) is 5.75 Å². The summed E-state index contributed by atoms with van der Waals surface area (Å²) in [5.41, 5.74) is 0. The van der Waals surface area contributed by atoms with Gasteiger partial charge in [0.25, 0.3) is 0 Å². The van der Waals surface area contributed by atoms with E-state index in [1.807, 2.05) is 0 Å². The first-order valence-electron chi connectivity index (χ1n) is 9.85. The van der Waals surface area contributed by atoms with Crippen LogP contribution in [0.4, 0.5) is 0 Å². The van der Waals surface area contributed by atoms with Crippen molar-refractivity contribution >= 4 is 11.1 Å². The Morgan fingerprint density at radius 1 is 0.792 bits per heavy atom. The van der Waals surface area contributed by atoms with Crippen LogP contribution >= 0.6 is 0 Å². The highest BCUT2D eigenvalue weighted by molar-refractivity contribution is 7.79. The van der Waals surface area contributed by atoms with E-state index in [0.29, 0.717) is 12.3 Å². The summed E-state index contributed by atoms with van der Waals surface area (Å²) in [6, 6.07) is 0. The van der Waals surface area contributed by atoms with Crippen molar-refractivity contribution in [2.75, 3.05) is 18.8 Å². The Hall–Kier alpha value is -0.450. The molecular weight excluding hydrogens is 318 g/mol. The summed E-state index contributed by atoms with van der Waals surface area (Å²) in [6.45, 7) is 3.85. The first kappa shape index (κ1) is 23.5. The molecule has 0 bridgehead atoms. The monoisotopic (exact) mass is 357 g/mol. The molecule has 1 unspecified atom stereocenters. The Morgan fingerprint density at radius 2 is 1.38 bits per heavy atom. The van der Waals surface area contributed by atoms with Gasteiger partial charge in [0.15, 0.2) is 11.1 Å². The summed E-state index contributed by atoms with van der Waals surface area (Å²) in [6.07, 6.45) is 24.4. The average Bonchev–Trinajstić information content (AvgIpc) is 2.56. The smallest absolute Gasteiger partial charge is 0.154 e. The summed E-state index contributed by atoms with van der Waals surface area (Å²) < 4.78 is 19.1. The molecule has 142 valence electrons. The van der Waals surface area contributed by atoms with Crippen LogP contribution in [0.25, 0.3) is 0 Å². The summed E-state index contributed by atoms with van der Waals surface area (Å²) in [4.78, 5) is 0. The third-order valence-corrected chi connectivity index (χ3v) is 4.56. The van der Waals surface area contributed by atoms with Crippen molar-refractivity contribution in [3.8, 4) is 0 Å². The zero-order chi connectivity index (χ0) is 17.7. The number of hydrogen-bond acceptors (Lipinski definition) is 2. The van der Waals surface area contributed by atoms with Crippen molar-refractivity contribution in [1.29, 1.82) is 0 Å². The summed E-state index contributed by atoms with van der Waals surface area (Å²) >= 11 is -1.66. The van der Waals surface area contributed by atoms with Crippen LogP contribution in [0.15, 0.2) is 24.3 Å². The van der Waals surface area contributed by atoms with Crippen LogP contribution in [-0.2, 0) is 11.1 Å². The lowest BCUT2D eigenvalue weighted by Gasteiger charge is -2.03. The van der Waals surface area contributed by atoms with Crippen LogP contribution < -0.4 is 5.32 Å². The van der Waals surface area contributed by atoms with Gasteiger partial charge in [0.1, 0.15) is 0 Å². The minimum absolute atomic E-state index is 0.335. The second-order valence-electron chi connectivity index (χ2n) is 6.36. The molecule has 0 spiro atoms. The highest BCUT2D eigenvalue weighted by Crippen LogP contribution is 2.07. The van der Waals surface area contributed by atoms with Crippen molar-refractivity contribution in [3.05, 3.63) is 24.3 Å². The molecule has 0 aromatic rings. The second kappa shape index (κ2) is 20.6. The first-order valence-corrected chi connectivity index (χ1v) is 11.1. The maximum Gasteiger partial charge on any atom is 0.154 e. The van der Waals surface area contributed by atoms with Gasteiger partial charge < -0.3 is 9.87 Å². The molecule has 4 heteroatoms. The minimum atomic E-state index is -1.66. The summed E-state index contributed by atoms with van der Waals surface area (Å²) in [5.74, 6) is 0.335. The Kier molecular flexibility index (Phi) is 20.2. The van der Waals surface area contributed by atoms with Gasteiger partial charge in [-0.1, -0.05) is 69.8 Å². The highest BCUT2D eigenvalue weighted by atomic mass is 32.2. The fourth-order valence-corrected chi connectivity index (χ4v) is 2.84. The molecule has 0 heterocycles. The molecular formula is C20H39NO2S. The lowest BCUT2D eigenvalue weighted by molar-refractivity contribution is 0.552. The average molecular weight is 358 g/mol. The minimum Gasteiger partial charge on any atom is -0.316 e. The second-order valence-corrected chi connectivity index (χ2v) is 7.41. The number of allylic oxidation sites excluding steroid dienone is 4. The van der Waals surface area contributed by atoms with E-state index < -0.39 is 11.1 Å². The zero-order valence-electron chi connectivity index (χ0n) is 15.7. The molecule has 0 aliphatic carbocycles. The van der Waals surface area contributed by atoms with Gasteiger partial charge in [-0.2, -0.15) is 0 Å². The molecule has 0 fully saturated rings. The first-order chi connectivity index (χ1) is 11.8. The van der Waals surface area contributed by atoms with E-state index in [1.165, 1.54) is 70.6 Å². The van der Waals surface area contributed by atoms with E-state index in [2.05, 4.69) is 36.5 Å². The van der Waals surface area contributed by atoms with E-state index >= 15 is 0 Å². The highest BCUT2D eigenvalue weighted by Gasteiger charge is 1.94. The molecule has 0 rings (SSSR count). The molecule has 0 aliphatic rings. The van der Waals surface area contributed by atoms with Gasteiger partial charge in [-0.3, -0.25) is 0 Å². The van der Waals surface area contributed by atoms with E-state index in [-0.39, 0.29) is 0 Å². The molecule has 0 aromatic carbocycles. The van der Waals surface area contributed by atoms with E-state index in [9.17, 15) is 4.21 Å². The normalized spacial score (nSPS) is 13.2. The van der Waals surface area contributed by atoms with Gasteiger partial charge in [-0.05, 0) is 45.1 Å². The largest absolute Gasteiger partial charge is 0.316 e. The molecule has 0 aromatic heterocycles. The lowest BCUT2D eigenvalue weighted by Crippen LogP contribution is -2.21. The van der Waals surface area contributed by atoms with Gasteiger partial charge >= 0.3 is 0 Å². The summed E-state index contributed by atoms with van der Waals surface area (Å²) in [7, 11) is 0. The van der Waals surface area contributed by atoms with E-state index in [0.717, 1.165) is 13.0 Å². The topological polar surface area (TPSA) is 49.3 Å². The molecule has 0 saturated carbocycles. The predicted octanol–water partition coefficient (Wildman–Crippen LogP) is 5.61. The van der Waals surface area contributed by atoms with E-state index in [4.69, 9.17) is 4.55 Å². The SMILES string of the molecule is CCCCC/C=C\C/C=C\CCCCCCCCNCCS(=O)O. The molecule has 2 N–H and O–H groups in total. The maximum absolute atomic E-state index is 10.4. The van der Waals surface area contributed by atoms with Crippen LogP contribution in [0.1, 0.15) is 84.0 Å². The van der Waals surface area contributed by atoms with Crippen LogP contribution in [0.2, 0.25) is 0 Å². The Labute approximate surface area is 152 Å². The fraction of sp³-hybridized carbons (Fsp3) is 0.800. The van der Waals surface area contributed by atoms with Gasteiger partial charge in [0.2, 0.25) is 0 Å². The maximum atomic E-state index is 10.4. The quantitative estimate of drug-likeness (QED) is 0.190. The number of unbranched alkanes of at least 4 members (excludes halogenated alkanes) is 9. The van der Waals surface area contributed by atoms with Crippen LogP contribution in [-0.4, -0.2) is 27.6 Å². The van der Waals surface area contributed by atoms with E-state index in [1.54, 1.807) is 0 Å². The van der Waals surface area contributed by atoms with Crippen molar-refractivity contribution in [2.24, 2.45) is 0 Å². The fourth-order valence-electron chi connectivity index (χ4n) is 2.52. The third-order valence-electron chi connectivity index (χ3n) is 4.01. The Morgan fingerprint density at radius 3 is 2.00 bits per heavy atom. The predicted molar refractivity (Wildman–Crippen MR) is 108 cm³/mol. The number of rotatable bonds is 18. The third kappa shape index (κ3) is 21.6. The molecule has 0 aliphatic heterocycles. The van der Waals surface area contributed by atoms with Crippen molar-refractivity contribution < 1.29 is 8.76 Å². The number of nitrogens with one attached hydrogen (secondary N) is 1. The Balaban J connectivity index is 3.14. The van der Waals surface area contributed by atoms with Gasteiger partial charge in [-0.25, -0.2) is 4.21 Å². The van der Waals surface area contributed by atoms with Crippen molar-refractivity contribution in [2.45, 2.75) is 84.0 Å². The molecule has 0 amide bonds. The molecule has 0 radical (unpaired) electrons. The lowest BCUT2D eigenvalue weighted by atomic mass is 10.1. The molecule has 1 atom stereocenters. The zero-order valence-corrected chi connectivity index (χ0v) is 16.5. The molecule has 0 saturated heterocycles. The molecule has 3 nitrogen and oxygen atoms in total. The van der Waals surface area contributed by atoms with Gasteiger partial charge in [-0.15, -0.1) is 0 Å². The summed E-state index contributed by atoms with van der Waals surface area (Å²) in [5, 5.41) is 3.20. The molecule has 24 heavy (non-hydrogen) atoms. The van der Waals surface area contributed by atoms with Crippen molar-refractivity contribution in [1.82, 2.24) is 5.32 Å². The number of hydrogen-bond donors (Lipinski definition) is 2.